The lowest BCUT2D eigenvalue weighted by atomic mass is 10.1. The molecule has 3 heterocycles. The number of hydrogen-bond donors (Lipinski definition) is 2. The summed E-state index contributed by atoms with van der Waals surface area (Å²) in [4.78, 5) is 61.2. The fourth-order valence-electron chi connectivity index (χ4n) is 4.67. The molecule has 1 saturated heterocycles. The quantitative estimate of drug-likeness (QED) is 0.331. The highest BCUT2D eigenvalue weighted by Crippen LogP contribution is 2.36. The number of aryl methyl sites for hydroxylation is 1. The number of alkyl halides is 3. The summed E-state index contributed by atoms with van der Waals surface area (Å²) in [5.74, 6) is -3.78. The number of nitrogens with zero attached hydrogens (tertiary/aromatic N) is 4. The minimum absolute atomic E-state index is 0.130. The zero-order valence-corrected chi connectivity index (χ0v) is 25.3. The van der Waals surface area contributed by atoms with Crippen molar-refractivity contribution in [1.82, 2.24) is 19.5 Å². The second kappa shape index (κ2) is 13.0. The molecule has 1 unspecified atom stereocenters. The number of amides is 3. The molecule has 4 rings (SSSR count). The Morgan fingerprint density at radius 3 is 2.36 bits per heavy atom. The molecule has 1 aliphatic rings. The maximum atomic E-state index is 13.5. The molecule has 45 heavy (non-hydrogen) atoms. The number of carbonyl (C=O) groups is 4. The molecule has 2 aromatic heterocycles. The van der Waals surface area contributed by atoms with Gasteiger partial charge in [-0.3, -0.25) is 19.9 Å². The number of carbonyl (C=O) groups excluding carboxylic acids is 4. The maximum Gasteiger partial charge on any atom is 0.472 e. The van der Waals surface area contributed by atoms with Crippen molar-refractivity contribution in [2.24, 2.45) is 0 Å². The van der Waals surface area contributed by atoms with Crippen LogP contribution in [0.25, 0.3) is 11.3 Å². The van der Waals surface area contributed by atoms with Crippen molar-refractivity contribution >= 4 is 29.7 Å². The van der Waals surface area contributed by atoms with E-state index in [9.17, 15) is 32.3 Å². The fourth-order valence-corrected chi connectivity index (χ4v) is 4.67. The van der Waals surface area contributed by atoms with Crippen LogP contribution in [-0.2, 0) is 14.3 Å². The second-order valence-corrected chi connectivity index (χ2v) is 11.2. The highest BCUT2D eigenvalue weighted by atomic mass is 19.4. The predicted octanol–water partition coefficient (Wildman–Crippen LogP) is 5.39. The van der Waals surface area contributed by atoms with Crippen molar-refractivity contribution in [2.75, 3.05) is 23.9 Å². The van der Waals surface area contributed by atoms with Crippen molar-refractivity contribution in [3.05, 3.63) is 65.2 Å². The molecule has 0 bridgehead atoms. The zero-order valence-electron chi connectivity index (χ0n) is 25.3. The van der Waals surface area contributed by atoms with Gasteiger partial charge in [0.2, 0.25) is 0 Å². The number of hydrogen-bond acceptors (Lipinski definition) is 8. The third kappa shape index (κ3) is 7.77. The number of imidazole rings is 1. The normalized spacial score (nSPS) is 15.0. The van der Waals surface area contributed by atoms with Gasteiger partial charge in [-0.15, -0.1) is 0 Å². The van der Waals surface area contributed by atoms with E-state index < -0.39 is 47.4 Å². The molecule has 2 N–H and O–H groups in total. The Bertz CT molecular complexity index is 1600. The molecule has 0 saturated carbocycles. The van der Waals surface area contributed by atoms with Gasteiger partial charge in [0.25, 0.3) is 5.91 Å². The molecule has 1 fully saturated rings. The van der Waals surface area contributed by atoms with Crippen molar-refractivity contribution < 1.29 is 41.8 Å². The van der Waals surface area contributed by atoms with Crippen LogP contribution in [0.5, 0.6) is 0 Å². The van der Waals surface area contributed by atoms with E-state index in [0.717, 1.165) is 5.56 Å². The molecule has 1 aliphatic heterocycles. The zero-order chi connectivity index (χ0) is 33.1. The second-order valence-electron chi connectivity index (χ2n) is 11.2. The van der Waals surface area contributed by atoms with Crippen LogP contribution >= 0.6 is 0 Å². The Labute approximate surface area is 256 Å². The van der Waals surface area contributed by atoms with Gasteiger partial charge in [0.05, 0.1) is 12.6 Å². The fraction of sp³-hybridized carbons (Fsp3) is 0.400. The Balaban J connectivity index is 1.80. The van der Waals surface area contributed by atoms with E-state index in [-0.39, 0.29) is 42.2 Å². The van der Waals surface area contributed by atoms with Gasteiger partial charge in [0.15, 0.2) is 11.5 Å². The molecule has 1 atom stereocenters. The average Bonchev–Trinajstić information content (AvgIpc) is 3.57. The standard InChI is InChI=1S/C30H33F3N6O6/c1-6-44-26(41)23-22(18-9-11-19(12-10-18)25(40)35-21-16-17(2)13-14-34-21)36-24(39(23)37-27(42)30(31,32)33)20-8-7-15-38(20)28(43)45-29(3,4)5/h9-14,16,20H,6-8,15H2,1-5H3,(H,37,42)(H,34,35,40). The summed E-state index contributed by atoms with van der Waals surface area (Å²) >= 11 is 0. The number of aromatic nitrogens is 3. The Morgan fingerprint density at radius 1 is 1.07 bits per heavy atom. The predicted molar refractivity (Wildman–Crippen MR) is 156 cm³/mol. The van der Waals surface area contributed by atoms with Crippen LogP contribution in [0.15, 0.2) is 42.6 Å². The summed E-state index contributed by atoms with van der Waals surface area (Å²) in [6.45, 7) is 8.41. The number of pyridine rings is 1. The monoisotopic (exact) mass is 630 g/mol. The average molecular weight is 631 g/mol. The van der Waals surface area contributed by atoms with Crippen molar-refractivity contribution in [1.29, 1.82) is 0 Å². The summed E-state index contributed by atoms with van der Waals surface area (Å²) in [7, 11) is 0. The van der Waals surface area contributed by atoms with Crippen molar-refractivity contribution in [2.45, 2.75) is 65.3 Å². The largest absolute Gasteiger partial charge is 0.472 e. The SMILES string of the molecule is CCOC(=O)c1c(-c2ccc(C(=O)Nc3cc(C)ccn3)cc2)nc(C2CCCN2C(=O)OC(C)(C)C)n1NC(=O)C(F)(F)F. The molecule has 3 aromatic rings. The molecular weight excluding hydrogens is 597 g/mol. The van der Waals surface area contributed by atoms with Gasteiger partial charge in [-0.25, -0.2) is 24.2 Å². The van der Waals surface area contributed by atoms with Crippen LogP contribution < -0.4 is 10.7 Å². The number of anilines is 1. The van der Waals surface area contributed by atoms with Crippen LogP contribution in [-0.4, -0.2) is 68.3 Å². The Hall–Kier alpha value is -4.95. The molecule has 12 nitrogen and oxygen atoms in total. The first kappa shape index (κ1) is 33.0. The molecule has 240 valence electrons. The van der Waals surface area contributed by atoms with E-state index in [1.165, 1.54) is 36.1 Å². The lowest BCUT2D eigenvalue weighted by Crippen LogP contribution is -2.40. The third-order valence-corrected chi connectivity index (χ3v) is 6.60. The van der Waals surface area contributed by atoms with Crippen molar-refractivity contribution in [3.63, 3.8) is 0 Å². The first-order chi connectivity index (χ1) is 21.1. The number of ether oxygens (including phenoxy) is 2. The van der Waals surface area contributed by atoms with Gasteiger partial charge in [0, 0.05) is 23.9 Å². The lowest BCUT2D eigenvalue weighted by molar-refractivity contribution is -0.168. The Kier molecular flexibility index (Phi) is 9.49. The number of esters is 1. The molecule has 0 aliphatic carbocycles. The third-order valence-electron chi connectivity index (χ3n) is 6.60. The van der Waals surface area contributed by atoms with Crippen LogP contribution in [0.3, 0.4) is 0 Å². The summed E-state index contributed by atoms with van der Waals surface area (Å²) in [6, 6.07) is 8.27. The van der Waals surface area contributed by atoms with Crippen molar-refractivity contribution in [3.8, 4) is 11.3 Å². The van der Waals surface area contributed by atoms with Crippen LogP contribution in [0.1, 0.15) is 78.8 Å². The first-order valence-electron chi connectivity index (χ1n) is 14.1. The van der Waals surface area contributed by atoms with Crippen LogP contribution in [0.4, 0.5) is 23.8 Å². The van der Waals surface area contributed by atoms with Gasteiger partial charge >= 0.3 is 24.1 Å². The first-order valence-corrected chi connectivity index (χ1v) is 14.1. The van der Waals surface area contributed by atoms with E-state index in [0.29, 0.717) is 16.9 Å². The highest BCUT2D eigenvalue weighted by Gasteiger charge is 2.43. The minimum Gasteiger partial charge on any atom is -0.461 e. The molecule has 1 aromatic carbocycles. The molecule has 15 heteroatoms. The van der Waals surface area contributed by atoms with E-state index in [1.807, 2.05) is 6.92 Å². The number of nitrogens with one attached hydrogen (secondary N) is 2. The van der Waals surface area contributed by atoms with Gasteiger partial charge in [-0.2, -0.15) is 13.2 Å². The van der Waals surface area contributed by atoms with E-state index in [2.05, 4.69) is 15.3 Å². The van der Waals surface area contributed by atoms with Crippen LogP contribution in [0.2, 0.25) is 0 Å². The van der Waals surface area contributed by atoms with E-state index >= 15 is 0 Å². The molecule has 0 radical (unpaired) electrons. The number of benzene rings is 1. The van der Waals surface area contributed by atoms with E-state index in [4.69, 9.17) is 9.47 Å². The summed E-state index contributed by atoms with van der Waals surface area (Å²) < 4.78 is 51.6. The van der Waals surface area contributed by atoms with Gasteiger partial charge < -0.3 is 14.8 Å². The molecule has 0 spiro atoms. The number of rotatable bonds is 7. The highest BCUT2D eigenvalue weighted by molar-refractivity contribution is 6.04. The van der Waals surface area contributed by atoms with E-state index in [1.54, 1.807) is 44.5 Å². The van der Waals surface area contributed by atoms with Gasteiger partial charge in [-0.05, 0) is 77.3 Å². The topological polar surface area (TPSA) is 145 Å². The maximum absolute atomic E-state index is 13.5. The lowest BCUT2D eigenvalue weighted by Gasteiger charge is -2.28. The summed E-state index contributed by atoms with van der Waals surface area (Å²) in [6.07, 6.45) is -3.79. The molecular formula is C30H33F3N6O6. The van der Waals surface area contributed by atoms with Crippen LogP contribution in [0, 0.1) is 6.92 Å². The minimum atomic E-state index is -5.31. The Morgan fingerprint density at radius 2 is 1.76 bits per heavy atom. The van der Waals surface area contributed by atoms with Gasteiger partial charge in [0.1, 0.15) is 17.1 Å². The summed E-state index contributed by atoms with van der Waals surface area (Å²) in [5.41, 5.74) is 1.57. The summed E-state index contributed by atoms with van der Waals surface area (Å²) in [5, 5.41) is 2.67. The number of likely N-dealkylation sites (tertiary alicyclic amines) is 1. The van der Waals surface area contributed by atoms with Gasteiger partial charge in [-0.1, -0.05) is 12.1 Å². The molecule has 3 amide bonds. The smallest absolute Gasteiger partial charge is 0.461 e. The number of halogens is 3.